The van der Waals surface area contributed by atoms with Crippen LogP contribution in [-0.2, 0) is 6.42 Å². The second-order valence-corrected chi connectivity index (χ2v) is 5.03. The summed E-state index contributed by atoms with van der Waals surface area (Å²) in [5.74, 6) is -0.182. The first kappa shape index (κ1) is 13.4. The molecule has 2 aromatic heterocycles. The summed E-state index contributed by atoms with van der Waals surface area (Å²) >= 11 is 1.61. The van der Waals surface area contributed by atoms with E-state index in [4.69, 9.17) is 0 Å². The fourth-order valence-corrected chi connectivity index (χ4v) is 2.53. The minimum atomic E-state index is -0.182. The maximum atomic E-state index is 11.8. The number of thiophene rings is 1. The van der Waals surface area contributed by atoms with Crippen LogP contribution in [0.15, 0.2) is 41.1 Å². The van der Waals surface area contributed by atoms with Gasteiger partial charge in [0.1, 0.15) is 0 Å². The second kappa shape index (κ2) is 6.80. The highest BCUT2D eigenvalue weighted by Crippen LogP contribution is 2.16. The number of aryl methyl sites for hydroxylation is 1. The zero-order chi connectivity index (χ0) is 13.5. The third-order valence-corrected chi connectivity index (χ3v) is 3.47. The SMILES string of the molecule is CCCc1cc(C(=O)N/N=C/c2cccnc2)cs1. The number of pyridine rings is 1. The van der Waals surface area contributed by atoms with Gasteiger partial charge in [-0.25, -0.2) is 5.43 Å². The standard InChI is InChI=1S/C14H15N3OS/c1-2-4-13-7-12(10-19-13)14(18)17-16-9-11-5-3-6-15-8-11/h3,5-10H,2,4H2,1H3,(H,17,18)/b16-9+. The number of rotatable bonds is 5. The molecule has 0 radical (unpaired) electrons. The molecule has 1 N–H and O–H groups in total. The average Bonchev–Trinajstić information content (AvgIpc) is 2.89. The van der Waals surface area contributed by atoms with Crippen LogP contribution in [0.4, 0.5) is 0 Å². The van der Waals surface area contributed by atoms with Crippen LogP contribution in [-0.4, -0.2) is 17.1 Å². The Kier molecular flexibility index (Phi) is 4.80. The monoisotopic (exact) mass is 273 g/mol. The molecular weight excluding hydrogens is 258 g/mol. The zero-order valence-electron chi connectivity index (χ0n) is 10.7. The lowest BCUT2D eigenvalue weighted by Gasteiger charge is -1.96. The van der Waals surface area contributed by atoms with Crippen LogP contribution in [0.1, 0.15) is 34.1 Å². The quantitative estimate of drug-likeness (QED) is 0.672. The topological polar surface area (TPSA) is 54.4 Å². The molecule has 0 aliphatic heterocycles. The maximum Gasteiger partial charge on any atom is 0.272 e. The number of hydrazone groups is 1. The molecule has 4 nitrogen and oxygen atoms in total. The molecule has 0 saturated carbocycles. The molecule has 2 heterocycles. The summed E-state index contributed by atoms with van der Waals surface area (Å²) in [5.41, 5.74) is 4.02. The lowest BCUT2D eigenvalue weighted by Crippen LogP contribution is -2.16. The molecule has 98 valence electrons. The minimum absolute atomic E-state index is 0.182. The Bertz CT molecular complexity index is 563. The molecule has 0 unspecified atom stereocenters. The number of hydrogen-bond acceptors (Lipinski definition) is 4. The van der Waals surface area contributed by atoms with Crippen LogP contribution in [0.2, 0.25) is 0 Å². The van der Waals surface area contributed by atoms with Crippen molar-refractivity contribution in [1.82, 2.24) is 10.4 Å². The van der Waals surface area contributed by atoms with Crippen molar-refractivity contribution >= 4 is 23.5 Å². The lowest BCUT2D eigenvalue weighted by atomic mass is 10.2. The van der Waals surface area contributed by atoms with Crippen LogP contribution in [0.3, 0.4) is 0 Å². The van der Waals surface area contributed by atoms with Crippen LogP contribution in [0.25, 0.3) is 0 Å². The van der Waals surface area contributed by atoms with E-state index in [2.05, 4.69) is 22.4 Å². The first-order valence-electron chi connectivity index (χ1n) is 6.10. The predicted molar refractivity (Wildman–Crippen MR) is 77.6 cm³/mol. The third kappa shape index (κ3) is 3.99. The van der Waals surface area contributed by atoms with Gasteiger partial charge in [0.25, 0.3) is 5.91 Å². The van der Waals surface area contributed by atoms with E-state index in [1.54, 1.807) is 29.9 Å². The number of carbonyl (C=O) groups is 1. The molecule has 1 amide bonds. The van der Waals surface area contributed by atoms with E-state index in [9.17, 15) is 4.79 Å². The number of nitrogens with zero attached hydrogens (tertiary/aromatic N) is 2. The Balaban J connectivity index is 1.92. The molecule has 0 saturated heterocycles. The molecule has 0 aromatic carbocycles. The van der Waals surface area contributed by atoms with Crippen molar-refractivity contribution in [2.75, 3.05) is 0 Å². The van der Waals surface area contributed by atoms with Crippen molar-refractivity contribution < 1.29 is 4.79 Å². The number of hydrogen-bond donors (Lipinski definition) is 1. The third-order valence-electron chi connectivity index (χ3n) is 2.48. The van der Waals surface area contributed by atoms with E-state index in [0.29, 0.717) is 5.56 Å². The van der Waals surface area contributed by atoms with Gasteiger partial charge in [-0.2, -0.15) is 5.10 Å². The van der Waals surface area contributed by atoms with Crippen molar-refractivity contribution in [3.63, 3.8) is 0 Å². The molecule has 19 heavy (non-hydrogen) atoms. The van der Waals surface area contributed by atoms with Gasteiger partial charge in [0, 0.05) is 28.2 Å². The van der Waals surface area contributed by atoms with E-state index in [-0.39, 0.29) is 5.91 Å². The van der Waals surface area contributed by atoms with Gasteiger partial charge in [0.05, 0.1) is 11.8 Å². The number of amides is 1. The number of nitrogens with one attached hydrogen (secondary N) is 1. The highest BCUT2D eigenvalue weighted by molar-refractivity contribution is 7.10. The van der Waals surface area contributed by atoms with Crippen LogP contribution in [0, 0.1) is 0 Å². The predicted octanol–water partition coefficient (Wildman–Crippen LogP) is 2.86. The highest BCUT2D eigenvalue weighted by Gasteiger charge is 2.07. The summed E-state index contributed by atoms with van der Waals surface area (Å²) in [7, 11) is 0. The summed E-state index contributed by atoms with van der Waals surface area (Å²) in [6.45, 7) is 2.12. The summed E-state index contributed by atoms with van der Waals surface area (Å²) in [4.78, 5) is 17.0. The summed E-state index contributed by atoms with van der Waals surface area (Å²) in [5, 5.41) is 5.77. The van der Waals surface area contributed by atoms with Gasteiger partial charge in [-0.05, 0) is 18.6 Å². The maximum absolute atomic E-state index is 11.8. The van der Waals surface area contributed by atoms with Gasteiger partial charge < -0.3 is 0 Å². The lowest BCUT2D eigenvalue weighted by molar-refractivity contribution is 0.0955. The summed E-state index contributed by atoms with van der Waals surface area (Å²) < 4.78 is 0. The van der Waals surface area contributed by atoms with Crippen molar-refractivity contribution in [3.05, 3.63) is 52.0 Å². The average molecular weight is 273 g/mol. The molecule has 0 bridgehead atoms. The van der Waals surface area contributed by atoms with Crippen molar-refractivity contribution in [1.29, 1.82) is 0 Å². The van der Waals surface area contributed by atoms with Crippen molar-refractivity contribution in [3.8, 4) is 0 Å². The van der Waals surface area contributed by atoms with Crippen LogP contribution < -0.4 is 5.43 Å². The molecule has 0 fully saturated rings. The van der Waals surface area contributed by atoms with Gasteiger partial charge in [0.15, 0.2) is 0 Å². The van der Waals surface area contributed by atoms with Crippen molar-refractivity contribution in [2.45, 2.75) is 19.8 Å². The Labute approximate surface area is 116 Å². The summed E-state index contributed by atoms with van der Waals surface area (Å²) in [6, 6.07) is 5.61. The molecular formula is C14H15N3OS. The highest BCUT2D eigenvalue weighted by atomic mass is 32.1. The molecule has 0 aliphatic carbocycles. The van der Waals surface area contributed by atoms with Crippen molar-refractivity contribution in [2.24, 2.45) is 5.10 Å². The normalized spacial score (nSPS) is 10.8. The zero-order valence-corrected chi connectivity index (χ0v) is 11.5. The van der Waals surface area contributed by atoms with Gasteiger partial charge in [0.2, 0.25) is 0 Å². The minimum Gasteiger partial charge on any atom is -0.267 e. The Morgan fingerprint density at radius 3 is 3.21 bits per heavy atom. The molecule has 2 rings (SSSR count). The second-order valence-electron chi connectivity index (χ2n) is 4.04. The molecule has 0 atom stereocenters. The van der Waals surface area contributed by atoms with E-state index >= 15 is 0 Å². The Hall–Kier alpha value is -2.01. The molecule has 0 aliphatic rings. The fraction of sp³-hybridized carbons (Fsp3) is 0.214. The number of carbonyl (C=O) groups excluding carboxylic acids is 1. The molecule has 5 heteroatoms. The summed E-state index contributed by atoms with van der Waals surface area (Å²) in [6.07, 6.45) is 7.04. The number of aromatic nitrogens is 1. The Morgan fingerprint density at radius 2 is 2.47 bits per heavy atom. The Morgan fingerprint density at radius 1 is 1.58 bits per heavy atom. The van der Waals surface area contributed by atoms with Gasteiger partial charge >= 0.3 is 0 Å². The van der Waals surface area contributed by atoms with E-state index in [1.165, 1.54) is 4.88 Å². The van der Waals surface area contributed by atoms with Gasteiger partial charge in [-0.1, -0.05) is 19.4 Å². The van der Waals surface area contributed by atoms with Gasteiger partial charge in [-0.3, -0.25) is 9.78 Å². The van der Waals surface area contributed by atoms with Crippen LogP contribution >= 0.6 is 11.3 Å². The largest absolute Gasteiger partial charge is 0.272 e. The first-order valence-corrected chi connectivity index (χ1v) is 6.98. The van der Waals surface area contributed by atoms with Gasteiger partial charge in [-0.15, -0.1) is 11.3 Å². The fourth-order valence-electron chi connectivity index (χ4n) is 1.56. The first-order chi connectivity index (χ1) is 9.29. The van der Waals surface area contributed by atoms with E-state index in [0.717, 1.165) is 18.4 Å². The smallest absolute Gasteiger partial charge is 0.267 e. The van der Waals surface area contributed by atoms with E-state index < -0.39 is 0 Å². The van der Waals surface area contributed by atoms with Crippen LogP contribution in [0.5, 0.6) is 0 Å². The molecule has 2 aromatic rings. The molecule has 0 spiro atoms. The van der Waals surface area contributed by atoms with E-state index in [1.807, 2.05) is 23.6 Å².